The van der Waals surface area contributed by atoms with Crippen molar-refractivity contribution in [2.45, 2.75) is 18.8 Å². The molecule has 1 aromatic heterocycles. The Kier molecular flexibility index (Phi) is 2.59. The lowest BCUT2D eigenvalue weighted by Crippen LogP contribution is -2.03. The van der Waals surface area contributed by atoms with Crippen LogP contribution in [0.1, 0.15) is 34.8 Å². The third-order valence-corrected chi connectivity index (χ3v) is 3.68. The maximum atomic E-state index is 11.0. The highest BCUT2D eigenvalue weighted by Crippen LogP contribution is 2.42. The Bertz CT molecular complexity index is 573. The van der Waals surface area contributed by atoms with Gasteiger partial charge in [0.15, 0.2) is 6.29 Å². The minimum absolute atomic E-state index is 0.491. The Hall–Kier alpha value is -1.42. The van der Waals surface area contributed by atoms with Crippen molar-refractivity contribution in [2.75, 3.05) is 0 Å². The molecular weight excluding hydrogens is 280 g/mol. The first-order valence-corrected chi connectivity index (χ1v) is 6.38. The van der Waals surface area contributed by atoms with Crippen LogP contribution in [-0.2, 0) is 0 Å². The van der Waals surface area contributed by atoms with Gasteiger partial charge in [0.05, 0.1) is 23.1 Å². The zero-order chi connectivity index (χ0) is 11.8. The molecule has 0 N–H and O–H groups in total. The zero-order valence-electron chi connectivity index (χ0n) is 9.14. The zero-order valence-corrected chi connectivity index (χ0v) is 10.7. The first-order valence-electron chi connectivity index (χ1n) is 5.59. The number of nitrogens with zero attached hydrogens (tertiary/aromatic N) is 2. The molecule has 1 heterocycles. The van der Waals surface area contributed by atoms with Crippen LogP contribution < -0.4 is 0 Å². The molecule has 0 aliphatic heterocycles. The normalized spacial score (nSPS) is 14.9. The van der Waals surface area contributed by atoms with Crippen LogP contribution in [-0.4, -0.2) is 16.1 Å². The molecule has 3 nitrogen and oxygen atoms in total. The Morgan fingerprint density at radius 1 is 1.35 bits per heavy atom. The van der Waals surface area contributed by atoms with Crippen molar-refractivity contribution in [3.63, 3.8) is 0 Å². The third kappa shape index (κ3) is 1.82. The molecule has 1 saturated carbocycles. The number of aromatic nitrogens is 2. The number of halogens is 1. The summed E-state index contributed by atoms with van der Waals surface area (Å²) in [4.78, 5) is 11.0. The van der Waals surface area contributed by atoms with Crippen molar-refractivity contribution in [1.82, 2.24) is 9.78 Å². The van der Waals surface area contributed by atoms with Gasteiger partial charge >= 0.3 is 0 Å². The van der Waals surface area contributed by atoms with E-state index in [1.807, 2.05) is 28.9 Å². The van der Waals surface area contributed by atoms with E-state index in [4.69, 9.17) is 0 Å². The van der Waals surface area contributed by atoms with Gasteiger partial charge in [-0.3, -0.25) is 4.79 Å². The minimum atomic E-state index is 0.491. The van der Waals surface area contributed by atoms with E-state index in [0.717, 1.165) is 35.0 Å². The molecule has 1 aromatic carbocycles. The van der Waals surface area contributed by atoms with Crippen LogP contribution in [0.5, 0.6) is 0 Å². The predicted molar refractivity (Wildman–Crippen MR) is 68.6 cm³/mol. The van der Waals surface area contributed by atoms with Gasteiger partial charge in [-0.15, -0.1) is 0 Å². The molecule has 0 atom stereocenters. The average Bonchev–Trinajstić information content (AvgIpc) is 3.10. The summed E-state index contributed by atoms with van der Waals surface area (Å²) in [6.45, 7) is 0. The van der Waals surface area contributed by atoms with E-state index in [9.17, 15) is 4.79 Å². The number of carbonyl (C=O) groups excluding carboxylic acids is 1. The van der Waals surface area contributed by atoms with Crippen molar-refractivity contribution in [3.05, 3.63) is 46.2 Å². The summed E-state index contributed by atoms with van der Waals surface area (Å²) in [6, 6.07) is 7.92. The number of rotatable bonds is 3. The van der Waals surface area contributed by atoms with Crippen LogP contribution in [0.15, 0.2) is 34.9 Å². The Labute approximate surface area is 108 Å². The van der Waals surface area contributed by atoms with E-state index in [1.165, 1.54) is 0 Å². The van der Waals surface area contributed by atoms with Gasteiger partial charge in [-0.25, -0.2) is 4.68 Å². The topological polar surface area (TPSA) is 34.9 Å². The second kappa shape index (κ2) is 4.11. The highest BCUT2D eigenvalue weighted by molar-refractivity contribution is 9.10. The second-order valence-electron chi connectivity index (χ2n) is 4.24. The van der Waals surface area contributed by atoms with Crippen LogP contribution in [0.2, 0.25) is 0 Å². The summed E-state index contributed by atoms with van der Waals surface area (Å²) < 4.78 is 2.87. The molecule has 0 amide bonds. The van der Waals surface area contributed by atoms with Crippen LogP contribution in [0.4, 0.5) is 0 Å². The molecule has 2 aromatic rings. The van der Waals surface area contributed by atoms with E-state index < -0.39 is 0 Å². The number of aldehydes is 1. The van der Waals surface area contributed by atoms with Crippen LogP contribution in [0.3, 0.4) is 0 Å². The fourth-order valence-corrected chi connectivity index (χ4v) is 2.49. The van der Waals surface area contributed by atoms with Crippen LogP contribution in [0.25, 0.3) is 5.69 Å². The highest BCUT2D eigenvalue weighted by Gasteiger charge is 2.30. The first-order chi connectivity index (χ1) is 8.31. The van der Waals surface area contributed by atoms with Crippen molar-refractivity contribution >= 4 is 22.2 Å². The molecular formula is C13H11BrN2O. The molecule has 1 aliphatic carbocycles. The number of para-hydroxylation sites is 1. The van der Waals surface area contributed by atoms with E-state index in [1.54, 1.807) is 6.20 Å². The summed E-state index contributed by atoms with van der Waals surface area (Å²) in [7, 11) is 0. The number of carbonyl (C=O) groups is 1. The van der Waals surface area contributed by atoms with Crippen molar-refractivity contribution in [3.8, 4) is 5.69 Å². The fraction of sp³-hybridized carbons (Fsp3) is 0.231. The molecule has 1 aliphatic rings. The molecule has 4 heteroatoms. The Morgan fingerprint density at radius 2 is 2.12 bits per heavy atom. The van der Waals surface area contributed by atoms with Gasteiger partial charge in [-0.1, -0.05) is 12.1 Å². The van der Waals surface area contributed by atoms with Gasteiger partial charge in [-0.05, 0) is 40.9 Å². The summed E-state index contributed by atoms with van der Waals surface area (Å²) >= 11 is 3.52. The van der Waals surface area contributed by atoms with Gasteiger partial charge in [0, 0.05) is 10.4 Å². The summed E-state index contributed by atoms with van der Waals surface area (Å²) in [5.74, 6) is 0.491. The maximum absolute atomic E-state index is 11.0. The summed E-state index contributed by atoms with van der Waals surface area (Å²) in [5, 5.41) is 4.33. The quantitative estimate of drug-likeness (QED) is 0.813. The van der Waals surface area contributed by atoms with Crippen molar-refractivity contribution in [2.24, 2.45) is 0 Å². The largest absolute Gasteiger partial charge is 0.298 e. The molecule has 1 fully saturated rings. The van der Waals surface area contributed by atoms with Gasteiger partial charge < -0.3 is 0 Å². The molecule has 0 bridgehead atoms. The minimum Gasteiger partial charge on any atom is -0.298 e. The van der Waals surface area contributed by atoms with Gasteiger partial charge in [-0.2, -0.15) is 5.10 Å². The number of hydrogen-bond donors (Lipinski definition) is 0. The fourth-order valence-electron chi connectivity index (χ4n) is 2.04. The molecule has 0 spiro atoms. The lowest BCUT2D eigenvalue weighted by molar-refractivity contribution is 0.112. The van der Waals surface area contributed by atoms with Crippen LogP contribution >= 0.6 is 15.9 Å². The maximum Gasteiger partial charge on any atom is 0.153 e. The van der Waals surface area contributed by atoms with E-state index in [0.29, 0.717) is 11.5 Å². The second-order valence-corrected chi connectivity index (χ2v) is 5.09. The molecule has 86 valence electrons. The smallest absolute Gasteiger partial charge is 0.153 e. The van der Waals surface area contributed by atoms with E-state index >= 15 is 0 Å². The monoisotopic (exact) mass is 290 g/mol. The van der Waals surface area contributed by atoms with E-state index in [2.05, 4.69) is 21.0 Å². The van der Waals surface area contributed by atoms with Gasteiger partial charge in [0.1, 0.15) is 0 Å². The van der Waals surface area contributed by atoms with E-state index in [-0.39, 0.29) is 0 Å². The molecule has 17 heavy (non-hydrogen) atoms. The Balaban J connectivity index is 2.18. The number of benzene rings is 1. The third-order valence-electron chi connectivity index (χ3n) is 3.01. The highest BCUT2D eigenvalue weighted by atomic mass is 79.9. The van der Waals surface area contributed by atoms with Gasteiger partial charge in [0.2, 0.25) is 0 Å². The molecule has 0 unspecified atom stereocenters. The molecule has 0 radical (unpaired) electrons. The summed E-state index contributed by atoms with van der Waals surface area (Å²) in [6.07, 6.45) is 4.85. The lowest BCUT2D eigenvalue weighted by atomic mass is 10.2. The predicted octanol–water partition coefficient (Wildman–Crippen LogP) is 3.32. The van der Waals surface area contributed by atoms with Crippen LogP contribution in [0, 0.1) is 0 Å². The number of hydrogen-bond acceptors (Lipinski definition) is 2. The van der Waals surface area contributed by atoms with Crippen molar-refractivity contribution < 1.29 is 4.79 Å². The lowest BCUT2D eigenvalue weighted by Gasteiger charge is -2.09. The standard InChI is InChI=1S/C13H11BrN2O/c14-11-3-1-2-4-12(11)16-13(9-5-6-9)10(8-17)7-15-16/h1-4,7-9H,5-6H2. The Morgan fingerprint density at radius 3 is 2.76 bits per heavy atom. The molecule has 3 rings (SSSR count). The van der Waals surface area contributed by atoms with Crippen molar-refractivity contribution in [1.29, 1.82) is 0 Å². The summed E-state index contributed by atoms with van der Waals surface area (Å²) in [5.41, 5.74) is 2.75. The average molecular weight is 291 g/mol. The SMILES string of the molecule is O=Cc1cnn(-c2ccccc2Br)c1C1CC1. The first kappa shape index (κ1) is 10.7. The van der Waals surface area contributed by atoms with Gasteiger partial charge in [0.25, 0.3) is 0 Å². The molecule has 0 saturated heterocycles.